The Morgan fingerprint density at radius 1 is 0.571 bits per heavy atom. The Balaban J connectivity index is 1.30. The van der Waals surface area contributed by atoms with Gasteiger partial charge in [0.05, 0.1) is 17.9 Å². The van der Waals surface area contributed by atoms with Gasteiger partial charge in [0.2, 0.25) is 5.91 Å². The Morgan fingerprint density at radius 2 is 0.971 bits per heavy atom. The Hall–Kier alpha value is -1.47. The summed E-state index contributed by atoms with van der Waals surface area (Å²) in [5, 5.41) is 8.03. The van der Waals surface area contributed by atoms with Gasteiger partial charge in [-0.2, -0.15) is 0 Å². The van der Waals surface area contributed by atoms with E-state index in [1.807, 2.05) is 0 Å². The molecule has 2 aliphatic rings. The van der Waals surface area contributed by atoms with Crippen molar-refractivity contribution in [3.63, 3.8) is 0 Å². The molecule has 194 valence electrons. The van der Waals surface area contributed by atoms with Gasteiger partial charge in [0.1, 0.15) is 0 Å². The summed E-state index contributed by atoms with van der Waals surface area (Å²) in [4.78, 5) is 25.2. The Labute approximate surface area is 219 Å². The van der Waals surface area contributed by atoms with E-state index >= 15 is 0 Å². The van der Waals surface area contributed by atoms with Crippen LogP contribution in [0.25, 0.3) is 0 Å². The highest BCUT2D eigenvalue weighted by Gasteiger charge is 2.15. The molecule has 4 rings (SSSR count). The fraction of sp³-hybridized carbons (Fsp3) is 0.750. The molecule has 0 saturated carbocycles. The predicted molar refractivity (Wildman–Crippen MR) is 150 cm³/mol. The number of thiazole rings is 2. The van der Waals surface area contributed by atoms with E-state index in [2.05, 4.69) is 10.6 Å². The van der Waals surface area contributed by atoms with E-state index in [1.54, 1.807) is 22.7 Å². The molecule has 5 nitrogen and oxygen atoms in total. The highest BCUT2D eigenvalue weighted by molar-refractivity contribution is 7.16. The lowest BCUT2D eigenvalue weighted by atomic mass is 10.0. The molecule has 2 aromatic rings. The molecule has 2 aromatic heterocycles. The lowest BCUT2D eigenvalue weighted by Gasteiger charge is -2.06. The molecule has 2 aliphatic carbocycles. The van der Waals surface area contributed by atoms with Crippen molar-refractivity contribution in [3.8, 4) is 0 Å². The monoisotopic (exact) mass is 516 g/mol. The van der Waals surface area contributed by atoms with E-state index in [-0.39, 0.29) is 12.5 Å². The molecular formula is C28H44N4OS2. The van der Waals surface area contributed by atoms with Crippen molar-refractivity contribution < 1.29 is 4.79 Å². The topological polar surface area (TPSA) is 66.9 Å². The Morgan fingerprint density at radius 3 is 1.49 bits per heavy atom. The normalized spacial score (nSPS) is 19.1. The minimum absolute atomic E-state index is 0.0287. The number of nitrogens with one attached hydrogen (secondary N) is 2. The number of rotatable bonds is 4. The zero-order valence-corrected chi connectivity index (χ0v) is 23.1. The second-order valence-corrected chi connectivity index (χ2v) is 12.5. The summed E-state index contributed by atoms with van der Waals surface area (Å²) in [5.41, 5.74) is 2.48. The third-order valence-electron chi connectivity index (χ3n) is 7.34. The van der Waals surface area contributed by atoms with Crippen LogP contribution in [-0.2, 0) is 30.5 Å². The van der Waals surface area contributed by atoms with E-state index in [4.69, 9.17) is 9.97 Å². The van der Waals surface area contributed by atoms with Crippen molar-refractivity contribution in [2.75, 3.05) is 17.2 Å². The molecule has 35 heavy (non-hydrogen) atoms. The second kappa shape index (κ2) is 14.9. The SMILES string of the molecule is O=C(CNc1nc2c(s1)CCCCCCCCCC2)Nc1nc2c(s1)CCCCCCCCCC2. The lowest BCUT2D eigenvalue weighted by molar-refractivity contribution is -0.114. The fourth-order valence-electron chi connectivity index (χ4n) is 5.27. The summed E-state index contributed by atoms with van der Waals surface area (Å²) in [6, 6.07) is 0. The highest BCUT2D eigenvalue weighted by Crippen LogP contribution is 2.29. The zero-order valence-electron chi connectivity index (χ0n) is 21.5. The molecule has 0 unspecified atom stereocenters. The van der Waals surface area contributed by atoms with Crippen LogP contribution in [0.4, 0.5) is 10.3 Å². The number of hydrogen-bond acceptors (Lipinski definition) is 6. The standard InChI is InChI=1S/C28H44N4OS2/c33-26(32-28-31-23-18-14-10-6-2-4-8-12-16-20-25(23)35-28)21-29-27-30-22-17-13-9-5-1-3-7-11-15-19-24(22)34-27/h1-21H2,(H,29,30)(H,31,32,33). The minimum atomic E-state index is -0.0287. The Bertz CT molecular complexity index is 848. The maximum Gasteiger partial charge on any atom is 0.245 e. The number of fused-ring (bicyclic) bond motifs is 2. The van der Waals surface area contributed by atoms with Crippen LogP contribution in [0.3, 0.4) is 0 Å². The number of anilines is 2. The van der Waals surface area contributed by atoms with Crippen LogP contribution in [0.15, 0.2) is 0 Å². The molecule has 0 spiro atoms. The van der Waals surface area contributed by atoms with Gasteiger partial charge in [0, 0.05) is 9.75 Å². The van der Waals surface area contributed by atoms with Crippen LogP contribution in [-0.4, -0.2) is 22.4 Å². The van der Waals surface area contributed by atoms with Gasteiger partial charge in [0.15, 0.2) is 10.3 Å². The predicted octanol–water partition coefficient (Wildman–Crippen LogP) is 8.09. The van der Waals surface area contributed by atoms with Gasteiger partial charge in [-0.15, -0.1) is 22.7 Å². The van der Waals surface area contributed by atoms with Crippen LogP contribution in [0.1, 0.15) is 124 Å². The smallest absolute Gasteiger partial charge is 0.245 e. The molecule has 0 fully saturated rings. The molecule has 2 heterocycles. The van der Waals surface area contributed by atoms with Crippen LogP contribution in [0.2, 0.25) is 0 Å². The molecule has 7 heteroatoms. The molecule has 0 atom stereocenters. The third-order valence-corrected chi connectivity index (χ3v) is 9.53. The largest absolute Gasteiger partial charge is 0.352 e. The number of carbonyl (C=O) groups is 1. The van der Waals surface area contributed by atoms with E-state index in [0.717, 1.165) is 35.9 Å². The van der Waals surface area contributed by atoms with E-state index in [1.165, 1.54) is 124 Å². The first-order valence-electron chi connectivity index (χ1n) is 14.3. The molecule has 1 amide bonds. The maximum atomic E-state index is 12.7. The van der Waals surface area contributed by atoms with Gasteiger partial charge in [-0.25, -0.2) is 9.97 Å². The first-order chi connectivity index (χ1) is 17.3. The van der Waals surface area contributed by atoms with Gasteiger partial charge in [-0.05, 0) is 51.4 Å². The van der Waals surface area contributed by atoms with Crippen molar-refractivity contribution in [2.24, 2.45) is 0 Å². The summed E-state index contributed by atoms with van der Waals surface area (Å²) in [6.45, 7) is 0.247. The van der Waals surface area contributed by atoms with Crippen molar-refractivity contribution in [3.05, 3.63) is 21.1 Å². The Kier molecular flexibility index (Phi) is 11.3. The molecular weight excluding hydrogens is 472 g/mol. The van der Waals surface area contributed by atoms with Gasteiger partial charge in [-0.1, -0.05) is 77.0 Å². The molecule has 2 N–H and O–H groups in total. The summed E-state index contributed by atoms with van der Waals surface area (Å²) in [7, 11) is 0. The first-order valence-corrected chi connectivity index (χ1v) is 15.9. The number of carbonyl (C=O) groups excluding carboxylic acids is 1. The average Bonchev–Trinajstić information content (AvgIpc) is 3.40. The minimum Gasteiger partial charge on any atom is -0.352 e. The fourth-order valence-corrected chi connectivity index (χ4v) is 7.39. The van der Waals surface area contributed by atoms with Gasteiger partial charge in [-0.3, -0.25) is 4.79 Å². The van der Waals surface area contributed by atoms with E-state index in [0.29, 0.717) is 0 Å². The summed E-state index contributed by atoms with van der Waals surface area (Å²) < 4.78 is 0. The van der Waals surface area contributed by atoms with Gasteiger partial charge in [0.25, 0.3) is 0 Å². The lowest BCUT2D eigenvalue weighted by Crippen LogP contribution is -2.21. The third kappa shape index (κ3) is 9.16. The number of nitrogens with zero attached hydrogens (tertiary/aromatic N) is 2. The van der Waals surface area contributed by atoms with E-state index in [9.17, 15) is 4.79 Å². The zero-order chi connectivity index (χ0) is 24.1. The van der Waals surface area contributed by atoms with Crippen LogP contribution < -0.4 is 10.6 Å². The number of amides is 1. The van der Waals surface area contributed by atoms with Crippen LogP contribution >= 0.6 is 22.7 Å². The molecule has 0 aromatic carbocycles. The van der Waals surface area contributed by atoms with E-state index < -0.39 is 0 Å². The quantitative estimate of drug-likeness (QED) is 0.431. The molecule has 0 bridgehead atoms. The van der Waals surface area contributed by atoms with Crippen molar-refractivity contribution in [1.82, 2.24) is 9.97 Å². The number of aryl methyl sites for hydroxylation is 4. The summed E-state index contributed by atoms with van der Waals surface area (Å²) in [5.74, 6) is -0.0287. The number of aromatic nitrogens is 2. The molecule has 0 saturated heterocycles. The van der Waals surface area contributed by atoms with Crippen LogP contribution in [0, 0.1) is 0 Å². The summed E-state index contributed by atoms with van der Waals surface area (Å²) >= 11 is 3.44. The van der Waals surface area contributed by atoms with Crippen molar-refractivity contribution in [2.45, 2.75) is 128 Å². The van der Waals surface area contributed by atoms with Gasteiger partial charge < -0.3 is 10.6 Å². The van der Waals surface area contributed by atoms with Crippen LogP contribution in [0.5, 0.6) is 0 Å². The maximum absolute atomic E-state index is 12.7. The summed E-state index contributed by atoms with van der Waals surface area (Å²) in [6.07, 6.45) is 25.4. The van der Waals surface area contributed by atoms with Crippen molar-refractivity contribution in [1.29, 1.82) is 0 Å². The molecule has 0 aliphatic heterocycles. The number of hydrogen-bond donors (Lipinski definition) is 2. The van der Waals surface area contributed by atoms with Gasteiger partial charge >= 0.3 is 0 Å². The first kappa shape index (κ1) is 26.6. The average molecular weight is 517 g/mol. The second-order valence-electron chi connectivity index (χ2n) is 10.3. The highest BCUT2D eigenvalue weighted by atomic mass is 32.1. The molecule has 0 radical (unpaired) electrons. The van der Waals surface area contributed by atoms with Crippen molar-refractivity contribution >= 4 is 38.8 Å².